The Balaban J connectivity index is 2.19. The fourth-order valence-electron chi connectivity index (χ4n) is 2.61. The summed E-state index contributed by atoms with van der Waals surface area (Å²) >= 11 is 1.40. The molecule has 24 heavy (non-hydrogen) atoms. The third kappa shape index (κ3) is 4.47. The first-order valence-electron chi connectivity index (χ1n) is 7.74. The first-order valence-corrected chi connectivity index (χ1v) is 8.68. The zero-order chi connectivity index (χ0) is 17.9. The molecule has 0 saturated carbocycles. The van der Waals surface area contributed by atoms with Gasteiger partial charge in [0.2, 0.25) is 0 Å². The molecule has 2 N–H and O–H groups in total. The van der Waals surface area contributed by atoms with Gasteiger partial charge in [0.15, 0.2) is 0 Å². The topological polar surface area (TPSA) is 95.9 Å². The van der Waals surface area contributed by atoms with Crippen LogP contribution in [0.4, 0.5) is 4.79 Å². The summed E-state index contributed by atoms with van der Waals surface area (Å²) in [6.45, 7) is 5.56. The summed E-state index contributed by atoms with van der Waals surface area (Å²) < 4.78 is 5.22. The Hall–Kier alpha value is -2.09. The molecule has 2 rings (SSSR count). The molecule has 132 valence electrons. The molecular weight excluding hydrogens is 332 g/mol. The second kappa shape index (κ2) is 7.21. The zero-order valence-corrected chi connectivity index (χ0v) is 14.8. The van der Waals surface area contributed by atoms with Gasteiger partial charge >= 0.3 is 12.1 Å². The van der Waals surface area contributed by atoms with Crippen LogP contribution < -0.4 is 5.32 Å². The van der Waals surface area contributed by atoms with Crippen LogP contribution in [0.5, 0.6) is 0 Å². The Morgan fingerprint density at radius 2 is 2.12 bits per heavy atom. The van der Waals surface area contributed by atoms with Gasteiger partial charge in [-0.25, -0.2) is 9.59 Å². The van der Waals surface area contributed by atoms with Crippen molar-refractivity contribution in [2.75, 3.05) is 6.54 Å². The fraction of sp³-hybridized carbons (Fsp3) is 0.562. The minimum absolute atomic E-state index is 0.367. The predicted octanol–water partition coefficient (Wildman–Crippen LogP) is 2.39. The van der Waals surface area contributed by atoms with E-state index in [1.807, 2.05) is 0 Å². The number of likely N-dealkylation sites (tertiary alicyclic amines) is 1. The number of carboxylic acid groups (broad SMARTS) is 1. The summed E-state index contributed by atoms with van der Waals surface area (Å²) in [6, 6.07) is -0.0682. The van der Waals surface area contributed by atoms with E-state index in [1.165, 1.54) is 16.2 Å². The summed E-state index contributed by atoms with van der Waals surface area (Å²) in [6.07, 6.45) is 0.341. The number of carbonyl (C=O) groups is 3. The summed E-state index contributed by atoms with van der Waals surface area (Å²) in [4.78, 5) is 37.6. The normalized spacial score (nSPS) is 19.0. The summed E-state index contributed by atoms with van der Waals surface area (Å²) in [5, 5.41) is 15.4. The lowest BCUT2D eigenvalue weighted by Crippen LogP contribution is -2.48. The third-order valence-corrected chi connectivity index (χ3v) is 4.31. The number of amides is 2. The zero-order valence-electron chi connectivity index (χ0n) is 13.9. The molecule has 1 fully saturated rings. The van der Waals surface area contributed by atoms with Crippen molar-refractivity contribution in [3.05, 3.63) is 22.4 Å². The minimum Gasteiger partial charge on any atom is -0.480 e. The molecule has 8 heteroatoms. The van der Waals surface area contributed by atoms with Gasteiger partial charge in [-0.05, 0) is 56.0 Å². The lowest BCUT2D eigenvalue weighted by molar-refractivity contribution is -0.149. The van der Waals surface area contributed by atoms with Crippen molar-refractivity contribution in [3.8, 4) is 0 Å². The van der Waals surface area contributed by atoms with E-state index in [0.717, 1.165) is 0 Å². The number of aliphatic carboxylic acids is 1. The minimum atomic E-state index is -1.03. The number of alkyl carbamates (subject to hydrolysis) is 1. The number of carboxylic acids is 1. The van der Waals surface area contributed by atoms with Gasteiger partial charge < -0.3 is 20.1 Å². The van der Waals surface area contributed by atoms with Crippen LogP contribution in [0, 0.1) is 0 Å². The van der Waals surface area contributed by atoms with Crippen LogP contribution in [-0.4, -0.2) is 46.2 Å². The molecule has 2 amide bonds. The molecule has 7 nitrogen and oxygen atoms in total. The van der Waals surface area contributed by atoms with Crippen molar-refractivity contribution in [2.24, 2.45) is 0 Å². The van der Waals surface area contributed by atoms with Crippen LogP contribution >= 0.6 is 11.3 Å². The number of ether oxygens (including phenoxy) is 1. The van der Waals surface area contributed by atoms with Gasteiger partial charge in [-0.2, -0.15) is 11.3 Å². The van der Waals surface area contributed by atoms with Crippen LogP contribution in [0.2, 0.25) is 0 Å². The fourth-order valence-corrected chi connectivity index (χ4v) is 3.29. The van der Waals surface area contributed by atoms with Crippen molar-refractivity contribution in [1.29, 1.82) is 0 Å². The second-order valence-electron chi connectivity index (χ2n) is 6.66. The van der Waals surface area contributed by atoms with E-state index in [1.54, 1.807) is 37.6 Å². The number of carbonyl (C=O) groups excluding carboxylic acids is 2. The van der Waals surface area contributed by atoms with E-state index in [9.17, 15) is 19.5 Å². The number of thiophene rings is 1. The van der Waals surface area contributed by atoms with E-state index >= 15 is 0 Å². The molecule has 0 spiro atoms. The maximum absolute atomic E-state index is 12.9. The Kier molecular flexibility index (Phi) is 5.48. The maximum Gasteiger partial charge on any atom is 0.408 e. The number of hydrogen-bond acceptors (Lipinski definition) is 5. The standard InChI is InChI=1S/C16H22N2O5S/c1-16(2,3)23-15(22)17-12(10-6-8-24-9-10)13(19)18-7-4-5-11(18)14(20)21/h6,8-9,11-12H,4-5,7H2,1-3H3,(H,17,22)(H,20,21)/t11-,12+/m0/s1. The molecular formula is C16H22N2O5S. The first-order chi connectivity index (χ1) is 11.2. The Morgan fingerprint density at radius 1 is 1.42 bits per heavy atom. The summed E-state index contributed by atoms with van der Waals surface area (Å²) in [5.74, 6) is -1.45. The van der Waals surface area contributed by atoms with Crippen LogP contribution in [0.1, 0.15) is 45.2 Å². The number of nitrogens with zero attached hydrogens (tertiary/aromatic N) is 1. The summed E-state index contributed by atoms with van der Waals surface area (Å²) in [7, 11) is 0. The van der Waals surface area contributed by atoms with Crippen molar-refractivity contribution in [3.63, 3.8) is 0 Å². The quantitative estimate of drug-likeness (QED) is 0.865. The monoisotopic (exact) mass is 354 g/mol. The molecule has 2 heterocycles. The molecule has 1 aromatic heterocycles. The third-order valence-electron chi connectivity index (χ3n) is 3.61. The van der Waals surface area contributed by atoms with Crippen LogP contribution in [0.25, 0.3) is 0 Å². The SMILES string of the molecule is CC(C)(C)OC(=O)N[C@@H](C(=O)N1CCC[C@H]1C(=O)O)c1ccsc1. The van der Waals surface area contributed by atoms with Crippen molar-refractivity contribution < 1.29 is 24.2 Å². The number of rotatable bonds is 4. The second-order valence-corrected chi connectivity index (χ2v) is 7.44. The highest BCUT2D eigenvalue weighted by Gasteiger charge is 2.38. The molecule has 1 saturated heterocycles. The van der Waals surface area contributed by atoms with E-state index in [4.69, 9.17) is 4.74 Å². The van der Waals surface area contributed by atoms with E-state index in [2.05, 4.69) is 5.32 Å². The smallest absolute Gasteiger partial charge is 0.408 e. The lowest BCUT2D eigenvalue weighted by atomic mass is 10.1. The van der Waals surface area contributed by atoms with Gasteiger partial charge in [0.05, 0.1) is 0 Å². The van der Waals surface area contributed by atoms with Crippen LogP contribution in [0.3, 0.4) is 0 Å². The van der Waals surface area contributed by atoms with Gasteiger partial charge in [0, 0.05) is 6.54 Å². The average Bonchev–Trinajstić information content (AvgIpc) is 3.12. The molecule has 0 aliphatic carbocycles. The maximum atomic E-state index is 12.9. The molecule has 1 aromatic rings. The van der Waals surface area contributed by atoms with Gasteiger partial charge in [-0.3, -0.25) is 4.79 Å². The number of hydrogen-bond donors (Lipinski definition) is 2. The molecule has 0 unspecified atom stereocenters. The van der Waals surface area contributed by atoms with E-state index in [0.29, 0.717) is 24.9 Å². The Bertz CT molecular complexity index is 608. The van der Waals surface area contributed by atoms with Crippen LogP contribution in [0.15, 0.2) is 16.8 Å². The van der Waals surface area contributed by atoms with Crippen molar-refractivity contribution in [2.45, 2.75) is 51.3 Å². The van der Waals surface area contributed by atoms with Gasteiger partial charge in [-0.15, -0.1) is 0 Å². The van der Waals surface area contributed by atoms with E-state index in [-0.39, 0.29) is 0 Å². The average molecular weight is 354 g/mol. The molecule has 2 atom stereocenters. The summed E-state index contributed by atoms with van der Waals surface area (Å²) in [5.41, 5.74) is -0.0734. The molecule has 0 bridgehead atoms. The van der Waals surface area contributed by atoms with Gasteiger partial charge in [0.25, 0.3) is 5.91 Å². The highest BCUT2D eigenvalue weighted by atomic mass is 32.1. The highest BCUT2D eigenvalue weighted by molar-refractivity contribution is 7.08. The number of nitrogens with one attached hydrogen (secondary N) is 1. The molecule has 1 aliphatic rings. The van der Waals surface area contributed by atoms with Crippen LogP contribution in [-0.2, 0) is 14.3 Å². The molecule has 1 aliphatic heterocycles. The van der Waals surface area contributed by atoms with E-state index < -0.39 is 35.7 Å². The lowest BCUT2D eigenvalue weighted by Gasteiger charge is -2.28. The van der Waals surface area contributed by atoms with Gasteiger partial charge in [0.1, 0.15) is 17.7 Å². The van der Waals surface area contributed by atoms with Crippen molar-refractivity contribution >= 4 is 29.3 Å². The highest BCUT2D eigenvalue weighted by Crippen LogP contribution is 2.25. The molecule has 0 aromatic carbocycles. The Labute approximate surface area is 144 Å². The largest absolute Gasteiger partial charge is 0.480 e. The van der Waals surface area contributed by atoms with Gasteiger partial charge in [-0.1, -0.05) is 0 Å². The predicted molar refractivity (Wildman–Crippen MR) is 88.8 cm³/mol. The first kappa shape index (κ1) is 18.3. The Morgan fingerprint density at radius 3 is 2.67 bits per heavy atom. The molecule has 0 radical (unpaired) electrons. The van der Waals surface area contributed by atoms with Crippen molar-refractivity contribution in [1.82, 2.24) is 10.2 Å².